The number of benzene rings is 2. The van der Waals surface area contributed by atoms with E-state index in [1.807, 2.05) is 62.6 Å². The summed E-state index contributed by atoms with van der Waals surface area (Å²) in [6.07, 6.45) is 3.35. The van der Waals surface area contributed by atoms with Gasteiger partial charge in [-0.25, -0.2) is 13.8 Å². The van der Waals surface area contributed by atoms with Crippen LogP contribution in [-0.4, -0.2) is 38.6 Å². The first-order valence-corrected chi connectivity index (χ1v) is 11.6. The molecule has 0 aliphatic rings. The molecule has 1 N–H and O–H groups in total. The van der Waals surface area contributed by atoms with Crippen molar-refractivity contribution in [3.05, 3.63) is 77.8 Å². The van der Waals surface area contributed by atoms with Crippen molar-refractivity contribution >= 4 is 5.91 Å². The molecule has 1 amide bonds. The lowest BCUT2D eigenvalue weighted by Gasteiger charge is -2.40. The highest BCUT2D eigenvalue weighted by molar-refractivity contribution is 5.77. The Balaban J connectivity index is 2.20. The number of rotatable bonds is 9. The maximum atomic E-state index is 14.7. The molecule has 0 aliphatic heterocycles. The topological polar surface area (TPSA) is 58.4 Å². The summed E-state index contributed by atoms with van der Waals surface area (Å²) in [5, 5.41) is 9.71. The highest BCUT2D eigenvalue weighted by atomic mass is 19.1. The number of imidazole rings is 1. The van der Waals surface area contributed by atoms with Gasteiger partial charge in [0.2, 0.25) is 5.91 Å². The molecular formula is C27H33F2N3O2. The molecule has 182 valence electrons. The highest BCUT2D eigenvalue weighted by Gasteiger charge is 2.38. The number of hydrogen-bond acceptors (Lipinski definition) is 3. The third-order valence-corrected chi connectivity index (χ3v) is 5.79. The number of hydrogen-bond donors (Lipinski definition) is 1. The molecule has 1 aromatic heterocycles. The number of carbonyl (C=O) groups is 1. The van der Waals surface area contributed by atoms with Crippen LogP contribution in [0.3, 0.4) is 0 Å². The van der Waals surface area contributed by atoms with Crippen LogP contribution in [0.4, 0.5) is 8.78 Å². The van der Waals surface area contributed by atoms with Crippen LogP contribution in [0.5, 0.6) is 0 Å². The van der Waals surface area contributed by atoms with E-state index in [1.165, 1.54) is 0 Å². The van der Waals surface area contributed by atoms with Gasteiger partial charge >= 0.3 is 0 Å². The lowest BCUT2D eigenvalue weighted by molar-refractivity contribution is -0.139. The maximum absolute atomic E-state index is 14.7. The van der Waals surface area contributed by atoms with E-state index < -0.39 is 29.7 Å². The normalized spacial score (nSPS) is 12.6. The van der Waals surface area contributed by atoms with Crippen molar-refractivity contribution < 1.29 is 18.7 Å². The summed E-state index contributed by atoms with van der Waals surface area (Å²) in [5.41, 5.74) is 0.919. The van der Waals surface area contributed by atoms with Gasteiger partial charge in [-0.05, 0) is 35.6 Å². The maximum Gasteiger partial charge on any atom is 0.248 e. The van der Waals surface area contributed by atoms with Crippen molar-refractivity contribution in [2.75, 3.05) is 13.2 Å². The van der Waals surface area contributed by atoms with Gasteiger partial charge in [0.25, 0.3) is 0 Å². The molecule has 0 radical (unpaired) electrons. The van der Waals surface area contributed by atoms with Gasteiger partial charge in [-0.1, -0.05) is 64.4 Å². The Morgan fingerprint density at radius 3 is 2.47 bits per heavy atom. The summed E-state index contributed by atoms with van der Waals surface area (Å²) in [6, 6.07) is 12.6. The summed E-state index contributed by atoms with van der Waals surface area (Å²) < 4.78 is 30.5. The van der Waals surface area contributed by atoms with E-state index in [1.54, 1.807) is 11.1 Å². The van der Waals surface area contributed by atoms with Gasteiger partial charge in [-0.15, -0.1) is 0 Å². The van der Waals surface area contributed by atoms with E-state index in [0.717, 1.165) is 36.6 Å². The average Bonchev–Trinajstić information content (AvgIpc) is 3.19. The molecule has 0 fully saturated rings. The fraction of sp³-hybridized carbons (Fsp3) is 0.407. The first kappa shape index (κ1) is 25.6. The number of aliphatic hydroxyl groups excluding tert-OH is 1. The molecule has 34 heavy (non-hydrogen) atoms. The van der Waals surface area contributed by atoms with Gasteiger partial charge in [-0.3, -0.25) is 4.79 Å². The van der Waals surface area contributed by atoms with E-state index >= 15 is 0 Å². The van der Waals surface area contributed by atoms with Crippen LogP contribution in [0, 0.1) is 17.0 Å². The Bertz CT molecular complexity index is 1110. The number of carbonyl (C=O) groups excluding carboxylic acids is 1. The Morgan fingerprint density at radius 1 is 1.15 bits per heavy atom. The van der Waals surface area contributed by atoms with E-state index in [4.69, 9.17) is 4.98 Å². The summed E-state index contributed by atoms with van der Waals surface area (Å²) in [6.45, 7) is 8.35. The summed E-state index contributed by atoms with van der Waals surface area (Å²) in [5.74, 6) is -0.948. The van der Waals surface area contributed by atoms with Crippen LogP contribution < -0.4 is 0 Å². The zero-order chi connectivity index (χ0) is 24.9. The molecule has 0 aliphatic carbocycles. The van der Waals surface area contributed by atoms with Crippen molar-refractivity contribution in [3.63, 3.8) is 0 Å². The Kier molecular flexibility index (Phi) is 8.20. The molecule has 1 heterocycles. The third kappa shape index (κ3) is 5.89. The van der Waals surface area contributed by atoms with Crippen LogP contribution >= 0.6 is 0 Å². The van der Waals surface area contributed by atoms with E-state index in [2.05, 4.69) is 0 Å². The molecule has 2 aromatic carbocycles. The molecule has 0 bridgehead atoms. The van der Waals surface area contributed by atoms with Gasteiger partial charge in [0.15, 0.2) is 0 Å². The van der Waals surface area contributed by atoms with Gasteiger partial charge in [0.1, 0.15) is 24.1 Å². The molecule has 0 saturated heterocycles. The Morgan fingerprint density at radius 2 is 1.85 bits per heavy atom. The van der Waals surface area contributed by atoms with Gasteiger partial charge in [0.05, 0.1) is 11.7 Å². The molecule has 0 spiro atoms. The van der Waals surface area contributed by atoms with Gasteiger partial charge in [0, 0.05) is 24.8 Å². The van der Waals surface area contributed by atoms with Crippen molar-refractivity contribution in [2.45, 2.75) is 53.1 Å². The minimum atomic E-state index is -0.610. The molecule has 5 nitrogen and oxygen atoms in total. The number of halogens is 2. The Hall–Kier alpha value is -3.06. The zero-order valence-electron chi connectivity index (χ0n) is 20.3. The molecule has 3 aromatic rings. The molecule has 1 atom stereocenters. The summed E-state index contributed by atoms with van der Waals surface area (Å²) in [7, 11) is 0. The van der Waals surface area contributed by atoms with Crippen molar-refractivity contribution in [1.82, 2.24) is 14.5 Å². The van der Waals surface area contributed by atoms with Crippen LogP contribution in [0.25, 0.3) is 11.3 Å². The molecule has 0 unspecified atom stereocenters. The fourth-order valence-electron chi connectivity index (χ4n) is 4.19. The number of nitrogens with zero attached hydrogens (tertiary/aromatic N) is 3. The predicted molar refractivity (Wildman–Crippen MR) is 129 cm³/mol. The molecule has 0 saturated carbocycles. The largest absolute Gasteiger partial charge is 0.387 e. The van der Waals surface area contributed by atoms with Crippen molar-refractivity contribution in [3.8, 4) is 11.3 Å². The van der Waals surface area contributed by atoms with Crippen LogP contribution in [0.2, 0.25) is 0 Å². The minimum Gasteiger partial charge on any atom is -0.387 e. The van der Waals surface area contributed by atoms with Crippen molar-refractivity contribution in [1.29, 1.82) is 0 Å². The second-order valence-electron chi connectivity index (χ2n) is 9.59. The van der Waals surface area contributed by atoms with E-state index in [0.29, 0.717) is 24.6 Å². The second-order valence-corrected chi connectivity index (χ2v) is 9.59. The summed E-state index contributed by atoms with van der Waals surface area (Å²) in [4.78, 5) is 19.3. The molecule has 7 heteroatoms. The van der Waals surface area contributed by atoms with Gasteiger partial charge in [-0.2, -0.15) is 0 Å². The quantitative estimate of drug-likeness (QED) is 0.445. The first-order valence-electron chi connectivity index (χ1n) is 11.6. The molecule has 3 rings (SSSR count). The standard InChI is InChI=1S/C27H33F2N3O2/c1-5-6-14-32(24(34)18-33)25(27(2,3)4)26-30-23(21-15-20(28)12-13-22(21)29)17-31(26)16-19-10-8-7-9-11-19/h7-13,15,17,25,33H,5-6,14,16,18H2,1-4H3/t25-/m0/s1. The first-order chi connectivity index (χ1) is 16.2. The highest BCUT2D eigenvalue weighted by Crippen LogP contribution is 2.39. The number of aliphatic hydroxyl groups is 1. The van der Waals surface area contributed by atoms with Crippen LogP contribution in [-0.2, 0) is 11.3 Å². The smallest absolute Gasteiger partial charge is 0.248 e. The Labute approximate surface area is 200 Å². The monoisotopic (exact) mass is 469 g/mol. The van der Waals surface area contributed by atoms with Crippen LogP contribution in [0.1, 0.15) is 58.0 Å². The third-order valence-electron chi connectivity index (χ3n) is 5.79. The SMILES string of the molecule is CCCCN(C(=O)CO)[C@@H](c1nc(-c2cc(F)ccc2F)cn1Cc1ccccc1)C(C)(C)C. The van der Waals surface area contributed by atoms with E-state index in [-0.39, 0.29) is 11.5 Å². The number of unbranched alkanes of at least 4 members (excludes halogenated alkanes) is 1. The van der Waals surface area contributed by atoms with E-state index in [9.17, 15) is 18.7 Å². The number of amides is 1. The lowest BCUT2D eigenvalue weighted by atomic mass is 9.84. The zero-order valence-corrected chi connectivity index (χ0v) is 20.3. The van der Waals surface area contributed by atoms with Gasteiger partial charge < -0.3 is 14.6 Å². The fourth-order valence-corrected chi connectivity index (χ4v) is 4.19. The minimum absolute atomic E-state index is 0.0642. The molecular weight excluding hydrogens is 436 g/mol. The van der Waals surface area contributed by atoms with Crippen molar-refractivity contribution in [2.24, 2.45) is 5.41 Å². The van der Waals surface area contributed by atoms with Crippen LogP contribution in [0.15, 0.2) is 54.7 Å². The summed E-state index contributed by atoms with van der Waals surface area (Å²) >= 11 is 0. The lowest BCUT2D eigenvalue weighted by Crippen LogP contribution is -2.44. The average molecular weight is 470 g/mol. The second kappa shape index (κ2) is 10.9. The number of aromatic nitrogens is 2. The predicted octanol–water partition coefficient (Wildman–Crippen LogP) is 5.58.